The van der Waals surface area contributed by atoms with Crippen LogP contribution in [0.3, 0.4) is 0 Å². The molecule has 1 rings (SSSR count). The molecule has 0 saturated heterocycles. The molecule has 6 heteroatoms. The van der Waals surface area contributed by atoms with Gasteiger partial charge in [-0.3, -0.25) is 10.1 Å². The maximum atomic E-state index is 10.9. The smallest absolute Gasteiger partial charge is 0.342 e. The van der Waals surface area contributed by atoms with Crippen molar-refractivity contribution in [3.63, 3.8) is 0 Å². The molecule has 0 saturated carbocycles. The minimum Gasteiger partial charge on any atom is -0.477 e. The van der Waals surface area contributed by atoms with E-state index in [0.717, 1.165) is 13.0 Å². The van der Waals surface area contributed by atoms with Crippen molar-refractivity contribution in [3.05, 3.63) is 45.5 Å². The molecule has 6 nitrogen and oxygen atoms in total. The highest BCUT2D eigenvalue weighted by molar-refractivity contribution is 5.93. The number of nitro benzene ring substituents is 1. The van der Waals surface area contributed by atoms with E-state index in [1.165, 1.54) is 18.2 Å². The van der Waals surface area contributed by atoms with Crippen molar-refractivity contribution < 1.29 is 14.8 Å². The quantitative estimate of drug-likeness (QED) is 0.457. The van der Waals surface area contributed by atoms with Crippen LogP contribution in [0.1, 0.15) is 22.3 Å². The minimum absolute atomic E-state index is 0.296. The number of nitrogens with zero attached hydrogens (tertiary/aromatic N) is 1. The first-order valence-electron chi connectivity index (χ1n) is 5.39. The number of benzene rings is 1. The lowest BCUT2D eigenvalue weighted by Gasteiger charge is -2.00. The lowest BCUT2D eigenvalue weighted by molar-refractivity contribution is -0.385. The molecular weight excluding hydrogens is 236 g/mol. The Bertz CT molecular complexity index is 483. The Morgan fingerprint density at radius 1 is 1.56 bits per heavy atom. The summed E-state index contributed by atoms with van der Waals surface area (Å²) in [5.41, 5.74) is -0.0558. The second-order valence-electron chi connectivity index (χ2n) is 3.63. The molecule has 0 radical (unpaired) electrons. The topological polar surface area (TPSA) is 92.5 Å². The fourth-order valence-corrected chi connectivity index (χ4v) is 1.43. The Morgan fingerprint density at radius 3 is 2.83 bits per heavy atom. The molecule has 0 aliphatic carbocycles. The van der Waals surface area contributed by atoms with Crippen molar-refractivity contribution in [2.45, 2.75) is 6.42 Å². The van der Waals surface area contributed by atoms with Crippen LogP contribution >= 0.6 is 0 Å². The van der Waals surface area contributed by atoms with E-state index in [9.17, 15) is 14.9 Å². The van der Waals surface area contributed by atoms with Gasteiger partial charge in [0.15, 0.2) is 0 Å². The molecular formula is C12H14N2O4. The van der Waals surface area contributed by atoms with Crippen LogP contribution in [-0.2, 0) is 0 Å². The number of hydrogen-bond donors (Lipinski definition) is 2. The Kier molecular flexibility index (Phi) is 5.01. The zero-order chi connectivity index (χ0) is 13.5. The van der Waals surface area contributed by atoms with E-state index in [1.807, 2.05) is 13.1 Å². The van der Waals surface area contributed by atoms with Crippen LogP contribution in [0.2, 0.25) is 0 Å². The van der Waals surface area contributed by atoms with Crippen LogP contribution < -0.4 is 5.32 Å². The van der Waals surface area contributed by atoms with Gasteiger partial charge in [0.1, 0.15) is 5.56 Å². The zero-order valence-electron chi connectivity index (χ0n) is 9.92. The molecule has 0 bridgehead atoms. The lowest BCUT2D eigenvalue weighted by Crippen LogP contribution is -2.05. The third kappa shape index (κ3) is 3.67. The Balaban J connectivity index is 2.97. The second kappa shape index (κ2) is 6.51. The summed E-state index contributed by atoms with van der Waals surface area (Å²) in [4.78, 5) is 20.9. The van der Waals surface area contributed by atoms with Crippen LogP contribution in [0.4, 0.5) is 5.69 Å². The summed E-state index contributed by atoms with van der Waals surface area (Å²) in [7, 11) is 1.84. The first kappa shape index (κ1) is 13.9. The number of carbonyl (C=O) groups is 1. The maximum absolute atomic E-state index is 10.9. The van der Waals surface area contributed by atoms with E-state index < -0.39 is 16.6 Å². The second-order valence-corrected chi connectivity index (χ2v) is 3.63. The normalized spacial score (nSPS) is 10.7. The Hall–Kier alpha value is -2.21. The molecule has 1 aromatic rings. The molecule has 0 heterocycles. The van der Waals surface area contributed by atoms with E-state index in [2.05, 4.69) is 5.32 Å². The van der Waals surface area contributed by atoms with Crippen LogP contribution in [-0.4, -0.2) is 29.6 Å². The standard InChI is InChI=1S/C12H14N2O4/c1-13-7-3-2-4-9-5-6-11(14(17)18)10(8-9)12(15)16/h2,4-6,8,13H,3,7H2,1H3,(H,15,16). The van der Waals surface area contributed by atoms with Gasteiger partial charge < -0.3 is 10.4 Å². The van der Waals surface area contributed by atoms with Crippen molar-refractivity contribution in [1.29, 1.82) is 0 Å². The summed E-state index contributed by atoms with van der Waals surface area (Å²) in [6.45, 7) is 0.815. The molecule has 0 spiro atoms. The van der Waals surface area contributed by atoms with Crippen molar-refractivity contribution in [1.82, 2.24) is 5.32 Å². The molecule has 96 valence electrons. The molecule has 1 aromatic carbocycles. The Morgan fingerprint density at radius 2 is 2.28 bits per heavy atom. The first-order valence-corrected chi connectivity index (χ1v) is 5.39. The summed E-state index contributed by atoms with van der Waals surface area (Å²) >= 11 is 0. The number of carboxylic acid groups (broad SMARTS) is 1. The van der Waals surface area contributed by atoms with E-state index in [4.69, 9.17) is 5.11 Å². The van der Waals surface area contributed by atoms with Crippen LogP contribution in [0.15, 0.2) is 24.3 Å². The summed E-state index contributed by atoms with van der Waals surface area (Å²) in [5, 5.41) is 22.5. The highest BCUT2D eigenvalue weighted by Crippen LogP contribution is 2.20. The maximum Gasteiger partial charge on any atom is 0.342 e. The van der Waals surface area contributed by atoms with Gasteiger partial charge in [0.25, 0.3) is 5.69 Å². The van der Waals surface area contributed by atoms with Gasteiger partial charge in [-0.15, -0.1) is 0 Å². The highest BCUT2D eigenvalue weighted by Gasteiger charge is 2.19. The van der Waals surface area contributed by atoms with Crippen molar-refractivity contribution in [3.8, 4) is 0 Å². The van der Waals surface area contributed by atoms with Gasteiger partial charge in [-0.25, -0.2) is 4.79 Å². The fraction of sp³-hybridized carbons (Fsp3) is 0.250. The predicted molar refractivity (Wildman–Crippen MR) is 67.6 cm³/mol. The van der Waals surface area contributed by atoms with Gasteiger partial charge in [-0.05, 0) is 37.7 Å². The predicted octanol–water partition coefficient (Wildman–Crippen LogP) is 1.92. The van der Waals surface area contributed by atoms with Crippen LogP contribution in [0.25, 0.3) is 6.08 Å². The molecule has 0 amide bonds. The third-order valence-electron chi connectivity index (χ3n) is 2.32. The van der Waals surface area contributed by atoms with Gasteiger partial charge in [0.05, 0.1) is 4.92 Å². The lowest BCUT2D eigenvalue weighted by atomic mass is 10.1. The highest BCUT2D eigenvalue weighted by atomic mass is 16.6. The van der Waals surface area contributed by atoms with Gasteiger partial charge in [0.2, 0.25) is 0 Å². The average molecular weight is 250 g/mol. The molecule has 0 atom stereocenters. The number of aromatic carboxylic acids is 1. The number of nitro groups is 1. The molecule has 0 aliphatic heterocycles. The summed E-state index contributed by atoms with van der Waals surface area (Å²) in [6.07, 6.45) is 4.42. The van der Waals surface area contributed by atoms with Gasteiger partial charge in [-0.1, -0.05) is 12.2 Å². The molecule has 0 aromatic heterocycles. The molecule has 0 fully saturated rings. The van der Waals surface area contributed by atoms with Crippen molar-refractivity contribution in [2.75, 3.05) is 13.6 Å². The monoisotopic (exact) mass is 250 g/mol. The minimum atomic E-state index is -1.30. The van der Waals surface area contributed by atoms with Gasteiger partial charge in [-0.2, -0.15) is 0 Å². The molecule has 0 unspecified atom stereocenters. The van der Waals surface area contributed by atoms with Crippen molar-refractivity contribution in [2.24, 2.45) is 0 Å². The third-order valence-corrected chi connectivity index (χ3v) is 2.32. The van der Waals surface area contributed by atoms with Crippen LogP contribution in [0, 0.1) is 10.1 Å². The Labute approximate surface area is 104 Å². The summed E-state index contributed by atoms with van der Waals surface area (Å²) in [6, 6.07) is 4.04. The SMILES string of the molecule is CNCCC=Cc1ccc([N+](=O)[O-])c(C(=O)O)c1. The van der Waals surface area contributed by atoms with Gasteiger partial charge in [0, 0.05) is 6.07 Å². The van der Waals surface area contributed by atoms with E-state index >= 15 is 0 Å². The average Bonchev–Trinajstić information content (AvgIpc) is 2.34. The number of nitrogens with one attached hydrogen (secondary N) is 1. The number of rotatable bonds is 6. The fourth-order valence-electron chi connectivity index (χ4n) is 1.43. The van der Waals surface area contributed by atoms with Crippen molar-refractivity contribution >= 4 is 17.7 Å². The number of hydrogen-bond acceptors (Lipinski definition) is 4. The first-order chi connectivity index (χ1) is 8.56. The van der Waals surface area contributed by atoms with Gasteiger partial charge >= 0.3 is 5.97 Å². The van der Waals surface area contributed by atoms with E-state index in [1.54, 1.807) is 6.08 Å². The van der Waals surface area contributed by atoms with E-state index in [-0.39, 0.29) is 5.56 Å². The zero-order valence-corrected chi connectivity index (χ0v) is 9.92. The molecule has 2 N–H and O–H groups in total. The van der Waals surface area contributed by atoms with E-state index in [0.29, 0.717) is 5.56 Å². The van der Waals surface area contributed by atoms with Crippen LogP contribution in [0.5, 0.6) is 0 Å². The number of carboxylic acids is 1. The summed E-state index contributed by atoms with van der Waals surface area (Å²) < 4.78 is 0. The molecule has 0 aliphatic rings. The summed E-state index contributed by atoms with van der Waals surface area (Å²) in [5.74, 6) is -1.30. The molecule has 18 heavy (non-hydrogen) atoms. The largest absolute Gasteiger partial charge is 0.477 e.